The van der Waals surface area contributed by atoms with Crippen molar-refractivity contribution in [3.63, 3.8) is 0 Å². The highest BCUT2D eigenvalue weighted by atomic mass is 32.4. The third-order valence-corrected chi connectivity index (χ3v) is 10.7. The maximum absolute atomic E-state index is 12.5. The molecule has 0 unspecified atom stereocenters. The van der Waals surface area contributed by atoms with E-state index >= 15 is 0 Å². The van der Waals surface area contributed by atoms with E-state index in [0.717, 1.165) is 18.9 Å². The maximum atomic E-state index is 12.5. The average Bonchev–Trinajstić information content (AvgIpc) is 2.35. The summed E-state index contributed by atoms with van der Waals surface area (Å²) in [4.78, 5) is 0. The second-order valence-corrected chi connectivity index (χ2v) is 11.5. The summed E-state index contributed by atoms with van der Waals surface area (Å²) in [5, 5.41) is 0. The van der Waals surface area contributed by atoms with Crippen LogP contribution in [-0.2, 0) is 25.4 Å². The van der Waals surface area contributed by atoms with Gasteiger partial charge in [-0.2, -0.15) is 0 Å². The van der Waals surface area contributed by atoms with E-state index in [1.165, 1.54) is 0 Å². The van der Waals surface area contributed by atoms with Gasteiger partial charge in [0.05, 0.1) is 13.2 Å². The molecule has 4 nitrogen and oxygen atoms in total. The van der Waals surface area contributed by atoms with Gasteiger partial charge in [-0.1, -0.05) is 32.6 Å². The lowest BCUT2D eigenvalue weighted by atomic mass is 10.8. The summed E-state index contributed by atoms with van der Waals surface area (Å²) in [6.07, 6.45) is 0.622. The summed E-state index contributed by atoms with van der Waals surface area (Å²) in [5.74, 6) is 0. The Bertz CT molecular complexity index is 307. The number of hydrogen-bond donors (Lipinski definition) is 0. The van der Waals surface area contributed by atoms with Gasteiger partial charge in [0.15, 0.2) is 0 Å². The molecular weight excluding hydrogens is 288 g/mol. The number of hydrogen-bond acceptors (Lipinski definition) is 4. The molecule has 0 fully saturated rings. The van der Waals surface area contributed by atoms with Crippen LogP contribution in [0.25, 0.3) is 0 Å². The summed E-state index contributed by atoms with van der Waals surface area (Å²) in [7, 11) is -3.03. The Morgan fingerprint density at radius 2 is 1.44 bits per heavy atom. The Hall–Kier alpha value is 0.760. The van der Waals surface area contributed by atoms with Crippen molar-refractivity contribution < 1.29 is 13.6 Å². The zero-order chi connectivity index (χ0) is 14.2. The first kappa shape index (κ1) is 18.8. The highest BCUT2D eigenvalue weighted by Crippen LogP contribution is 2.57. The SMILES string of the molecule is CCOP(=O)(CN(CC)P(=S)(CC)CC)OCC. The summed E-state index contributed by atoms with van der Waals surface area (Å²) in [6, 6.07) is 0. The molecule has 0 aromatic carbocycles. The molecule has 0 heterocycles. The lowest BCUT2D eigenvalue weighted by molar-refractivity contribution is 0.212. The summed E-state index contributed by atoms with van der Waals surface area (Å²) in [5.41, 5.74) is 0. The smallest absolute Gasteiger partial charge is 0.308 e. The van der Waals surface area contributed by atoms with Crippen molar-refractivity contribution in [1.82, 2.24) is 4.67 Å². The Kier molecular flexibility index (Phi) is 9.21. The Balaban J connectivity index is 4.98. The van der Waals surface area contributed by atoms with Gasteiger partial charge in [0.25, 0.3) is 0 Å². The third kappa shape index (κ3) is 5.40. The van der Waals surface area contributed by atoms with Crippen molar-refractivity contribution in [1.29, 1.82) is 0 Å². The highest BCUT2D eigenvalue weighted by molar-refractivity contribution is 8.13. The molecule has 0 amide bonds. The van der Waals surface area contributed by atoms with Crippen molar-refractivity contribution in [2.75, 3.05) is 38.4 Å². The monoisotopic (exact) mass is 315 g/mol. The van der Waals surface area contributed by atoms with Gasteiger partial charge in [-0.05, 0) is 26.2 Å². The maximum Gasteiger partial charge on any atom is 0.344 e. The van der Waals surface area contributed by atoms with Gasteiger partial charge in [0.1, 0.15) is 6.29 Å². The van der Waals surface area contributed by atoms with Crippen molar-refractivity contribution in [2.24, 2.45) is 0 Å². The van der Waals surface area contributed by atoms with E-state index in [4.69, 9.17) is 20.9 Å². The topological polar surface area (TPSA) is 38.8 Å². The summed E-state index contributed by atoms with van der Waals surface area (Å²) >= 11 is 5.77. The van der Waals surface area contributed by atoms with E-state index < -0.39 is 13.8 Å². The van der Waals surface area contributed by atoms with Crippen molar-refractivity contribution >= 4 is 25.6 Å². The van der Waals surface area contributed by atoms with Crippen LogP contribution in [0.4, 0.5) is 0 Å². The standard InChI is InChI=1S/C11H27NO3P2S/c1-6-12(16(18,9-4)10-5)11-17(13,14-7-2)15-8-3/h6-11H2,1-5H3. The van der Waals surface area contributed by atoms with Crippen LogP contribution in [0.2, 0.25) is 0 Å². The molecule has 0 radical (unpaired) electrons. The van der Waals surface area contributed by atoms with E-state index in [1.54, 1.807) is 0 Å². The van der Waals surface area contributed by atoms with Gasteiger partial charge < -0.3 is 9.05 Å². The van der Waals surface area contributed by atoms with Gasteiger partial charge >= 0.3 is 7.60 Å². The predicted octanol–water partition coefficient (Wildman–Crippen LogP) is 3.97. The first-order valence-corrected chi connectivity index (χ1v) is 11.5. The fourth-order valence-electron chi connectivity index (χ4n) is 1.81. The second kappa shape index (κ2) is 8.84. The molecular formula is C11H27NO3P2S. The summed E-state index contributed by atoms with van der Waals surface area (Å²) < 4.78 is 25.4. The van der Waals surface area contributed by atoms with Gasteiger partial charge in [-0.3, -0.25) is 9.24 Å². The summed E-state index contributed by atoms with van der Waals surface area (Å²) in [6.45, 7) is 11.5. The molecule has 0 bridgehead atoms. The van der Waals surface area contributed by atoms with E-state index in [2.05, 4.69) is 25.4 Å². The Labute approximate surface area is 117 Å². The van der Waals surface area contributed by atoms with Crippen LogP contribution in [0.3, 0.4) is 0 Å². The number of rotatable bonds is 10. The lowest BCUT2D eigenvalue weighted by Gasteiger charge is -2.34. The first-order chi connectivity index (χ1) is 8.41. The molecule has 0 aromatic rings. The zero-order valence-corrected chi connectivity index (χ0v) is 14.8. The predicted molar refractivity (Wildman–Crippen MR) is 83.5 cm³/mol. The molecule has 0 aliphatic heterocycles. The molecule has 0 N–H and O–H groups in total. The van der Waals surface area contributed by atoms with Crippen LogP contribution >= 0.6 is 13.8 Å². The van der Waals surface area contributed by atoms with Gasteiger partial charge in [0, 0.05) is 12.7 Å². The van der Waals surface area contributed by atoms with Crippen LogP contribution in [0.1, 0.15) is 34.6 Å². The molecule has 7 heteroatoms. The normalized spacial score (nSPS) is 13.2. The third-order valence-electron chi connectivity index (χ3n) is 2.86. The largest absolute Gasteiger partial charge is 0.344 e. The molecule has 0 aliphatic rings. The molecule has 110 valence electrons. The van der Waals surface area contributed by atoms with Crippen molar-refractivity contribution in [3.05, 3.63) is 0 Å². The molecule has 0 saturated carbocycles. The van der Waals surface area contributed by atoms with Crippen LogP contribution in [-0.4, -0.2) is 43.0 Å². The van der Waals surface area contributed by atoms with Crippen LogP contribution in [0.15, 0.2) is 0 Å². The number of nitrogens with zero attached hydrogens (tertiary/aromatic N) is 1. The van der Waals surface area contributed by atoms with E-state index in [1.807, 2.05) is 13.8 Å². The first-order valence-electron chi connectivity index (χ1n) is 6.62. The Morgan fingerprint density at radius 1 is 1.00 bits per heavy atom. The lowest BCUT2D eigenvalue weighted by Crippen LogP contribution is -2.24. The van der Waals surface area contributed by atoms with Crippen LogP contribution < -0.4 is 0 Å². The minimum atomic E-state index is -3.03. The molecule has 0 rings (SSSR count). The minimum absolute atomic E-state index is 0.324. The zero-order valence-electron chi connectivity index (χ0n) is 12.2. The Morgan fingerprint density at radius 3 is 1.72 bits per heavy atom. The molecule has 0 saturated heterocycles. The van der Waals surface area contributed by atoms with Crippen LogP contribution in [0.5, 0.6) is 0 Å². The van der Waals surface area contributed by atoms with E-state index in [9.17, 15) is 4.57 Å². The fourth-order valence-corrected chi connectivity index (χ4v) is 7.39. The van der Waals surface area contributed by atoms with E-state index in [0.29, 0.717) is 19.5 Å². The fraction of sp³-hybridized carbons (Fsp3) is 1.00. The molecule has 0 atom stereocenters. The van der Waals surface area contributed by atoms with Crippen molar-refractivity contribution in [2.45, 2.75) is 34.6 Å². The van der Waals surface area contributed by atoms with Gasteiger partial charge in [0.2, 0.25) is 0 Å². The molecule has 0 aromatic heterocycles. The minimum Gasteiger partial charge on any atom is -0.308 e. The van der Waals surface area contributed by atoms with Gasteiger partial charge in [-0.15, -0.1) is 0 Å². The molecule has 18 heavy (non-hydrogen) atoms. The highest BCUT2D eigenvalue weighted by Gasteiger charge is 2.31. The van der Waals surface area contributed by atoms with Gasteiger partial charge in [-0.25, -0.2) is 0 Å². The molecule has 0 spiro atoms. The molecule has 0 aliphatic carbocycles. The quantitative estimate of drug-likeness (QED) is 0.570. The van der Waals surface area contributed by atoms with E-state index in [-0.39, 0.29) is 0 Å². The second-order valence-electron chi connectivity index (χ2n) is 3.89. The van der Waals surface area contributed by atoms with Crippen LogP contribution in [0, 0.1) is 0 Å². The average molecular weight is 315 g/mol. The van der Waals surface area contributed by atoms with Crippen molar-refractivity contribution in [3.8, 4) is 0 Å².